The van der Waals surface area contributed by atoms with E-state index in [9.17, 15) is 71.4 Å². The van der Waals surface area contributed by atoms with Crippen LogP contribution in [0.5, 0.6) is 0 Å². The molecule has 1 aromatic heterocycles. The molecule has 0 bridgehead atoms. The minimum atomic E-state index is -1.76. The highest BCUT2D eigenvalue weighted by Gasteiger charge is 2.41. The predicted molar refractivity (Wildman–Crippen MR) is 363 cm³/mol. The van der Waals surface area contributed by atoms with Crippen molar-refractivity contribution in [3.63, 3.8) is 0 Å². The molecule has 0 saturated carbocycles. The van der Waals surface area contributed by atoms with Crippen LogP contribution in [0.3, 0.4) is 0 Å². The number of carbonyl (C=O) groups excluding carboxylic acids is 12. The number of fused-ring (bicyclic) bond motifs is 1. The molecule has 1 aliphatic heterocycles. The third kappa shape index (κ3) is 27.5. The summed E-state index contributed by atoms with van der Waals surface area (Å²) in [4.78, 5) is 168. The van der Waals surface area contributed by atoms with Crippen LogP contribution in [0.1, 0.15) is 163 Å². The molecular formula is C69H105F2N13O13. The molecule has 26 nitrogen and oxygen atoms in total. The fourth-order valence-corrected chi connectivity index (χ4v) is 11.0. The predicted octanol–water partition coefficient (Wildman–Crippen LogP) is 2.38. The number of hydrogen-bond donors (Lipinski definition) is 14. The molecule has 0 saturated heterocycles. The smallest absolute Gasteiger partial charge is 0.246 e. The van der Waals surface area contributed by atoms with E-state index in [-0.39, 0.29) is 75.3 Å². The van der Waals surface area contributed by atoms with Crippen molar-refractivity contribution in [2.45, 2.75) is 218 Å². The molecule has 2 heterocycles. The molecule has 0 fully saturated rings. The lowest BCUT2D eigenvalue weighted by Gasteiger charge is -2.33. The minimum absolute atomic E-state index is 0.00521. The number of carbonyl (C=O) groups is 12. The highest BCUT2D eigenvalue weighted by Crippen LogP contribution is 2.24. The fourth-order valence-electron chi connectivity index (χ4n) is 11.0. The van der Waals surface area contributed by atoms with E-state index in [0.717, 1.165) is 48.7 Å². The van der Waals surface area contributed by atoms with Gasteiger partial charge in [-0.3, -0.25) is 74.0 Å². The Morgan fingerprint density at radius 3 is 2.03 bits per heavy atom. The van der Waals surface area contributed by atoms with Gasteiger partial charge in [-0.25, -0.2) is 14.2 Å². The van der Waals surface area contributed by atoms with Gasteiger partial charge in [0.1, 0.15) is 17.4 Å². The number of aliphatic hydroxyl groups is 1. The normalized spacial score (nSPS) is 22.8. The summed E-state index contributed by atoms with van der Waals surface area (Å²) in [6.45, 7) is 10.1. The summed E-state index contributed by atoms with van der Waals surface area (Å²) in [5.74, 6) is -7.63. The number of para-hydroxylation sites is 1. The van der Waals surface area contributed by atoms with E-state index in [1.807, 2.05) is 44.2 Å². The molecule has 28 heteroatoms. The van der Waals surface area contributed by atoms with E-state index in [0.29, 0.717) is 44.1 Å². The maximum absolute atomic E-state index is 14.8. The standard InChI is InChI=1S/C68H100F2N12O13.CH5N/c1-40(2)24-26-46-36-75-52(28-29-57(71)86)61(90)59(88)43(5)77-63(92)54(34-47-37-74-51-23-19-18-22-48(47)51)76-38-56(85)67(7,81-65(94)53(73-35-41(3)84)33-45-25-27-49(69)50(70)32-45)30-20-16-14-12-10-9-11-13-15-17-21-31-68(8,80-62(46)91)66(95)79-55(39-83)64(93)78-42(4)58(87)60(89)44(6)82-72;1-2/h13,15,18-19,22-23,25,27,32,37,40,42-44,46,52-55,73-76,82-83H,9-12,14,16-17,20-21,24,26,28-31,33-36,38-39,72H2,1-8H3,(H2,71,86)(H,77,92)(H,78,93)(H,79,95)(H,80,91)(H,81,94);2H2,1H3/b15-13+;/t42-,43?,44-,46+,52-,53-,54-,55-,67+,68-;/m0./s1. The van der Waals surface area contributed by atoms with Gasteiger partial charge in [0.25, 0.3) is 0 Å². The Morgan fingerprint density at radius 1 is 0.742 bits per heavy atom. The number of rotatable bonds is 24. The van der Waals surface area contributed by atoms with Crippen molar-refractivity contribution in [2.75, 3.05) is 33.3 Å². The molecule has 4 rings (SSSR count). The number of nitrogens with two attached hydrogens (primary N) is 3. The lowest BCUT2D eigenvalue weighted by Crippen LogP contribution is -2.63. The first kappa shape index (κ1) is 83.4. The molecule has 3 aromatic rings. The molecule has 538 valence electrons. The van der Waals surface area contributed by atoms with Gasteiger partial charge in [-0.1, -0.05) is 88.8 Å². The summed E-state index contributed by atoms with van der Waals surface area (Å²) in [5.41, 5.74) is 10.5. The number of H-pyrrole nitrogens is 1. The Bertz CT molecular complexity index is 3200. The second-order valence-electron chi connectivity index (χ2n) is 25.8. The molecule has 1 aliphatic rings. The number of benzene rings is 2. The SMILES string of the molecule is CC(=O)CN[C@@H](Cc1ccc(F)c(F)c1)C(=O)N[C@]1(C)CCCCCCCC/C=C/CCC[C@@](C)(C(=O)N[C@@H](CO)C(=O)N[C@@H](C)C(=O)C(=O)[C@H](C)NN)NC(=O)[C@H](CCC(C)C)CN[C@@H](CCC(N)=O)C(=O)C(=O)C(C)NC(=O)[C@H](Cc2c[nH]c3ccccc23)NCC1=O.CN. The Balaban J connectivity index is 0.0000121. The molecule has 0 aliphatic carbocycles. The molecule has 0 radical (unpaired) electrons. The Hall–Kier alpha value is -7.86. The fraction of sp³-hybridized carbons (Fsp3) is 0.594. The van der Waals surface area contributed by atoms with Crippen LogP contribution in [0, 0.1) is 23.5 Å². The van der Waals surface area contributed by atoms with Crippen molar-refractivity contribution in [2.24, 2.45) is 29.1 Å². The third-order valence-electron chi connectivity index (χ3n) is 17.2. The summed E-state index contributed by atoms with van der Waals surface area (Å²) in [6, 6.07) is 0.953. The number of amides is 6. The average molecular weight is 1360 g/mol. The van der Waals surface area contributed by atoms with Gasteiger partial charge < -0.3 is 53.5 Å². The van der Waals surface area contributed by atoms with Crippen LogP contribution in [-0.4, -0.2) is 167 Å². The van der Waals surface area contributed by atoms with Crippen LogP contribution in [0.4, 0.5) is 8.78 Å². The number of Topliss-reactive ketones (excluding diaryl/α,β-unsaturated/α-hetero) is 6. The highest BCUT2D eigenvalue weighted by molar-refractivity contribution is 6.41. The Labute approximate surface area is 567 Å². The largest absolute Gasteiger partial charge is 0.394 e. The number of nitrogens with one attached hydrogen (secondary N) is 10. The summed E-state index contributed by atoms with van der Waals surface area (Å²) in [5, 5.41) is 33.4. The topological polar surface area (TPSA) is 427 Å². The van der Waals surface area contributed by atoms with Crippen molar-refractivity contribution in [1.82, 2.24) is 52.9 Å². The van der Waals surface area contributed by atoms with Crippen molar-refractivity contribution < 1.29 is 71.4 Å². The molecule has 1 unspecified atom stereocenters. The van der Waals surface area contributed by atoms with Crippen molar-refractivity contribution in [3.8, 4) is 0 Å². The van der Waals surface area contributed by atoms with Crippen LogP contribution in [0.15, 0.2) is 60.8 Å². The Morgan fingerprint density at radius 2 is 1.39 bits per heavy atom. The van der Waals surface area contributed by atoms with Gasteiger partial charge in [-0.05, 0) is 148 Å². The number of aromatic amines is 1. The lowest BCUT2D eigenvalue weighted by atomic mass is 9.88. The third-order valence-corrected chi connectivity index (χ3v) is 17.2. The molecule has 10 atom stereocenters. The van der Waals surface area contributed by atoms with Crippen molar-refractivity contribution >= 4 is 81.0 Å². The summed E-state index contributed by atoms with van der Waals surface area (Å²) >= 11 is 0. The molecular weight excluding hydrogens is 1260 g/mol. The maximum Gasteiger partial charge on any atom is 0.246 e. The second-order valence-corrected chi connectivity index (χ2v) is 25.8. The van der Waals surface area contributed by atoms with E-state index in [1.54, 1.807) is 19.2 Å². The van der Waals surface area contributed by atoms with Gasteiger partial charge in [-0.2, -0.15) is 0 Å². The summed E-state index contributed by atoms with van der Waals surface area (Å²) < 4.78 is 28.4. The monoisotopic (exact) mass is 1360 g/mol. The first-order valence-corrected chi connectivity index (χ1v) is 33.5. The number of aliphatic hydroxyl groups excluding tert-OH is 1. The van der Waals surface area contributed by atoms with Crippen LogP contribution in [-0.2, 0) is 70.4 Å². The minimum Gasteiger partial charge on any atom is -0.394 e. The molecule has 17 N–H and O–H groups in total. The summed E-state index contributed by atoms with van der Waals surface area (Å²) in [6.07, 6.45) is 11.4. The number of allylic oxidation sites excluding steroid dienone is 2. The molecule has 97 heavy (non-hydrogen) atoms. The van der Waals surface area contributed by atoms with E-state index in [2.05, 4.69) is 58.7 Å². The zero-order valence-electron chi connectivity index (χ0n) is 57.7. The number of ketones is 6. The van der Waals surface area contributed by atoms with Gasteiger partial charge in [0.05, 0.1) is 67.4 Å². The Kier molecular flexibility index (Phi) is 36.2. The lowest BCUT2D eigenvalue weighted by molar-refractivity contribution is -0.140. The number of hydrazine groups is 1. The molecule has 0 spiro atoms. The zero-order valence-corrected chi connectivity index (χ0v) is 57.7. The average Bonchev–Trinajstić information content (AvgIpc) is 1.81. The molecule has 6 amide bonds. The van der Waals surface area contributed by atoms with Gasteiger partial charge in [0.2, 0.25) is 58.6 Å². The number of primary amides is 1. The van der Waals surface area contributed by atoms with Crippen LogP contribution in [0.2, 0.25) is 0 Å². The van der Waals surface area contributed by atoms with Crippen LogP contribution in [0.25, 0.3) is 10.9 Å². The van der Waals surface area contributed by atoms with E-state index < -0.39 is 148 Å². The quantitative estimate of drug-likeness (QED) is 0.0265. The van der Waals surface area contributed by atoms with E-state index in [1.165, 1.54) is 47.7 Å². The molecule has 2 aromatic carbocycles. The number of hydrogen-bond acceptors (Lipinski definition) is 19. The zero-order chi connectivity index (χ0) is 72.6. The van der Waals surface area contributed by atoms with E-state index in [4.69, 9.17) is 11.6 Å². The van der Waals surface area contributed by atoms with E-state index >= 15 is 0 Å². The van der Waals surface area contributed by atoms with Gasteiger partial charge >= 0.3 is 0 Å². The first-order chi connectivity index (χ1) is 45.9. The van der Waals surface area contributed by atoms with Crippen LogP contribution >= 0.6 is 0 Å². The highest BCUT2D eigenvalue weighted by atomic mass is 19.2. The van der Waals surface area contributed by atoms with Gasteiger partial charge in [-0.15, -0.1) is 0 Å². The summed E-state index contributed by atoms with van der Waals surface area (Å²) in [7, 11) is 1.50. The van der Waals surface area contributed by atoms with Crippen LogP contribution < -0.4 is 65.3 Å². The van der Waals surface area contributed by atoms with Gasteiger partial charge in [0.15, 0.2) is 17.4 Å². The van der Waals surface area contributed by atoms with Crippen molar-refractivity contribution in [3.05, 3.63) is 83.6 Å². The first-order valence-electron chi connectivity index (χ1n) is 33.5. The number of halogens is 2. The maximum atomic E-state index is 14.8. The van der Waals surface area contributed by atoms with Crippen molar-refractivity contribution in [1.29, 1.82) is 0 Å². The van der Waals surface area contributed by atoms with Gasteiger partial charge in [0, 0.05) is 30.1 Å². The number of aromatic nitrogens is 1. The second kappa shape index (κ2) is 42.1.